The van der Waals surface area contributed by atoms with Gasteiger partial charge in [-0.25, -0.2) is 0 Å². The Kier molecular flexibility index (Phi) is 6.08. The molecule has 1 aliphatic heterocycles. The number of rotatable bonds is 4. The van der Waals surface area contributed by atoms with Crippen LogP contribution in [-0.4, -0.2) is 36.5 Å². The zero-order chi connectivity index (χ0) is 15.4. The van der Waals surface area contributed by atoms with E-state index in [1.807, 2.05) is 4.90 Å². The lowest BCUT2D eigenvalue weighted by atomic mass is 9.97. The molecule has 1 aliphatic rings. The van der Waals surface area contributed by atoms with E-state index in [1.54, 1.807) is 18.2 Å². The number of carbonyl (C=O) groups excluding carboxylic acids is 1. The summed E-state index contributed by atoms with van der Waals surface area (Å²) in [4.78, 5) is 14.6. The van der Waals surface area contributed by atoms with Gasteiger partial charge in [-0.2, -0.15) is 0 Å². The molecule has 1 heterocycles. The van der Waals surface area contributed by atoms with Gasteiger partial charge in [-0.3, -0.25) is 4.79 Å². The Hall–Kier alpha value is -0.580. The maximum atomic E-state index is 12.6. The van der Waals surface area contributed by atoms with Crippen molar-refractivity contribution in [3.63, 3.8) is 0 Å². The number of likely N-dealkylation sites (tertiary alicyclic amines) is 1. The highest BCUT2D eigenvalue weighted by molar-refractivity contribution is 9.10. The first-order chi connectivity index (χ1) is 9.97. The van der Waals surface area contributed by atoms with Crippen LogP contribution in [0.4, 0.5) is 0 Å². The van der Waals surface area contributed by atoms with Gasteiger partial charge in [0.15, 0.2) is 0 Å². The Bertz CT molecular complexity index is 507. The van der Waals surface area contributed by atoms with E-state index >= 15 is 0 Å². The minimum atomic E-state index is 0.0905. The molecule has 2 rings (SSSR count). The third-order valence-electron chi connectivity index (χ3n) is 3.78. The van der Waals surface area contributed by atoms with Crippen molar-refractivity contribution in [3.8, 4) is 0 Å². The lowest BCUT2D eigenvalue weighted by molar-refractivity contribution is 0.0671. The van der Waals surface area contributed by atoms with Gasteiger partial charge >= 0.3 is 0 Å². The second-order valence-corrected chi connectivity index (χ2v) is 7.24. The second kappa shape index (κ2) is 7.61. The summed E-state index contributed by atoms with van der Waals surface area (Å²) in [7, 11) is 0. The van der Waals surface area contributed by atoms with E-state index in [-0.39, 0.29) is 5.91 Å². The van der Waals surface area contributed by atoms with Gasteiger partial charge in [0, 0.05) is 28.6 Å². The molecular weight excluding hydrogens is 352 g/mol. The number of nitrogens with zero attached hydrogens (tertiary/aromatic N) is 1. The molecule has 116 valence electrons. The van der Waals surface area contributed by atoms with Gasteiger partial charge < -0.3 is 10.2 Å². The van der Waals surface area contributed by atoms with Gasteiger partial charge in [0.05, 0.1) is 5.56 Å². The van der Waals surface area contributed by atoms with Crippen LogP contribution in [0.1, 0.15) is 37.0 Å². The molecule has 0 bridgehead atoms. The Morgan fingerprint density at radius 2 is 2.29 bits per heavy atom. The van der Waals surface area contributed by atoms with Crippen LogP contribution in [0.15, 0.2) is 22.7 Å². The standard InChI is InChI=1S/C16H22BrClN2O/c1-11(2)19-9-12-4-3-7-20(10-12)16(21)14-6-5-13(18)8-15(14)17/h5-6,8,11-12,19H,3-4,7,9-10H2,1-2H3. The number of benzene rings is 1. The normalized spacial score (nSPS) is 19.1. The molecular formula is C16H22BrClN2O. The lowest BCUT2D eigenvalue weighted by Crippen LogP contribution is -2.43. The molecule has 1 saturated heterocycles. The Labute approximate surface area is 140 Å². The predicted molar refractivity (Wildman–Crippen MR) is 90.9 cm³/mol. The van der Waals surface area contributed by atoms with Crippen LogP contribution in [0.2, 0.25) is 5.02 Å². The van der Waals surface area contributed by atoms with Crippen molar-refractivity contribution in [1.29, 1.82) is 0 Å². The fourth-order valence-electron chi connectivity index (χ4n) is 2.65. The third kappa shape index (κ3) is 4.70. The van der Waals surface area contributed by atoms with Crippen LogP contribution in [-0.2, 0) is 0 Å². The monoisotopic (exact) mass is 372 g/mol. The lowest BCUT2D eigenvalue weighted by Gasteiger charge is -2.33. The number of halogens is 2. The molecule has 1 fully saturated rings. The molecule has 1 N–H and O–H groups in total. The smallest absolute Gasteiger partial charge is 0.255 e. The fourth-order valence-corrected chi connectivity index (χ4v) is 3.50. The SMILES string of the molecule is CC(C)NCC1CCCN(C(=O)c2ccc(Cl)cc2Br)C1. The first kappa shape index (κ1) is 16.8. The predicted octanol–water partition coefficient (Wildman–Crippen LogP) is 3.95. The maximum Gasteiger partial charge on any atom is 0.255 e. The van der Waals surface area contributed by atoms with Gasteiger partial charge in [-0.1, -0.05) is 25.4 Å². The molecule has 0 aromatic heterocycles. The van der Waals surface area contributed by atoms with E-state index in [2.05, 4.69) is 35.1 Å². The van der Waals surface area contributed by atoms with Crippen LogP contribution in [0.3, 0.4) is 0 Å². The molecule has 1 aromatic rings. The number of nitrogens with one attached hydrogen (secondary N) is 1. The highest BCUT2D eigenvalue weighted by atomic mass is 79.9. The molecule has 1 aromatic carbocycles. The molecule has 0 aliphatic carbocycles. The summed E-state index contributed by atoms with van der Waals surface area (Å²) >= 11 is 9.37. The maximum absolute atomic E-state index is 12.6. The van der Waals surface area contributed by atoms with Crippen LogP contribution >= 0.6 is 27.5 Å². The largest absolute Gasteiger partial charge is 0.338 e. The van der Waals surface area contributed by atoms with E-state index in [9.17, 15) is 4.79 Å². The van der Waals surface area contributed by atoms with Crippen molar-refractivity contribution in [1.82, 2.24) is 10.2 Å². The van der Waals surface area contributed by atoms with Crippen LogP contribution in [0, 0.1) is 5.92 Å². The fraction of sp³-hybridized carbons (Fsp3) is 0.562. The molecule has 5 heteroatoms. The first-order valence-corrected chi connectivity index (χ1v) is 8.62. The minimum absolute atomic E-state index is 0.0905. The van der Waals surface area contributed by atoms with Gasteiger partial charge in [-0.05, 0) is 59.4 Å². The molecule has 0 spiro atoms. The average molecular weight is 374 g/mol. The molecule has 1 atom stereocenters. The highest BCUT2D eigenvalue weighted by Gasteiger charge is 2.25. The average Bonchev–Trinajstić information content (AvgIpc) is 2.45. The van der Waals surface area contributed by atoms with Gasteiger partial charge in [0.2, 0.25) is 0 Å². The number of amides is 1. The number of hydrogen-bond acceptors (Lipinski definition) is 2. The summed E-state index contributed by atoms with van der Waals surface area (Å²) in [5.74, 6) is 0.629. The molecule has 21 heavy (non-hydrogen) atoms. The summed E-state index contributed by atoms with van der Waals surface area (Å²) in [5, 5.41) is 4.10. The summed E-state index contributed by atoms with van der Waals surface area (Å²) in [6.45, 7) is 6.94. The van der Waals surface area contributed by atoms with Crippen molar-refractivity contribution in [2.75, 3.05) is 19.6 Å². The quantitative estimate of drug-likeness (QED) is 0.866. The van der Waals surface area contributed by atoms with Crippen LogP contribution in [0.5, 0.6) is 0 Å². The molecule has 1 unspecified atom stereocenters. The highest BCUT2D eigenvalue weighted by Crippen LogP contribution is 2.25. The zero-order valence-corrected chi connectivity index (χ0v) is 14.9. The van der Waals surface area contributed by atoms with E-state index in [1.165, 1.54) is 6.42 Å². The number of carbonyl (C=O) groups is 1. The Morgan fingerprint density at radius 1 is 1.52 bits per heavy atom. The van der Waals surface area contributed by atoms with Crippen molar-refractivity contribution in [3.05, 3.63) is 33.3 Å². The van der Waals surface area contributed by atoms with Crippen LogP contribution < -0.4 is 5.32 Å². The van der Waals surface area contributed by atoms with Gasteiger partial charge in [-0.15, -0.1) is 0 Å². The molecule has 0 radical (unpaired) electrons. The number of piperidine rings is 1. The zero-order valence-electron chi connectivity index (χ0n) is 12.5. The second-order valence-electron chi connectivity index (χ2n) is 5.95. The van der Waals surface area contributed by atoms with E-state index in [4.69, 9.17) is 11.6 Å². The minimum Gasteiger partial charge on any atom is -0.338 e. The first-order valence-electron chi connectivity index (χ1n) is 7.45. The summed E-state index contributed by atoms with van der Waals surface area (Å²) in [5.41, 5.74) is 0.692. The van der Waals surface area contributed by atoms with Gasteiger partial charge in [0.25, 0.3) is 5.91 Å². The van der Waals surface area contributed by atoms with Crippen molar-refractivity contribution < 1.29 is 4.79 Å². The third-order valence-corrected chi connectivity index (χ3v) is 4.67. The number of hydrogen-bond donors (Lipinski definition) is 1. The Morgan fingerprint density at radius 3 is 2.95 bits per heavy atom. The van der Waals surface area contributed by atoms with E-state index in [0.29, 0.717) is 22.5 Å². The molecule has 0 saturated carbocycles. The topological polar surface area (TPSA) is 32.3 Å². The molecule has 3 nitrogen and oxygen atoms in total. The summed E-state index contributed by atoms with van der Waals surface area (Å²) < 4.78 is 0.766. The summed E-state index contributed by atoms with van der Waals surface area (Å²) in [6, 6.07) is 5.82. The van der Waals surface area contributed by atoms with Crippen LogP contribution in [0.25, 0.3) is 0 Å². The van der Waals surface area contributed by atoms with E-state index in [0.717, 1.165) is 30.5 Å². The van der Waals surface area contributed by atoms with Gasteiger partial charge in [0.1, 0.15) is 0 Å². The van der Waals surface area contributed by atoms with E-state index < -0.39 is 0 Å². The Balaban J connectivity index is 2.01. The molecule has 1 amide bonds. The van der Waals surface area contributed by atoms with Crippen molar-refractivity contribution >= 4 is 33.4 Å². The summed E-state index contributed by atoms with van der Waals surface area (Å²) in [6.07, 6.45) is 2.26. The van der Waals surface area contributed by atoms with Crippen molar-refractivity contribution in [2.24, 2.45) is 5.92 Å². The van der Waals surface area contributed by atoms with Crippen molar-refractivity contribution in [2.45, 2.75) is 32.7 Å².